The van der Waals surface area contributed by atoms with Crippen molar-refractivity contribution in [2.75, 3.05) is 5.32 Å². The van der Waals surface area contributed by atoms with Crippen molar-refractivity contribution in [3.8, 4) is 33.9 Å². The van der Waals surface area contributed by atoms with E-state index in [2.05, 4.69) is 30.5 Å². The van der Waals surface area contributed by atoms with E-state index in [-0.39, 0.29) is 17.6 Å². The first-order valence-corrected chi connectivity index (χ1v) is 12.3. The number of rotatable bonds is 5. The predicted molar refractivity (Wildman–Crippen MR) is 141 cm³/mol. The molecule has 5 heterocycles. The zero-order valence-electron chi connectivity index (χ0n) is 20.1. The Kier molecular flexibility index (Phi) is 5.17. The van der Waals surface area contributed by atoms with Crippen LogP contribution in [0.2, 0.25) is 0 Å². The molecule has 1 aromatic carbocycles. The Bertz CT molecular complexity index is 1840. The standard InChI is InChI=1S/C28H21FN8O/c29-20-7-2-1-6-18(20)19-13-31-14-23-24(19)35-27(34-23)26-25-22(36-37-26)9-8-21(33-25)16-10-17(12-30-11-16)32-28(38)15-4-3-5-15/h1-2,6-15H,3-5H2,(H,32,38)(H,34,35)(H,36,37). The van der Waals surface area contributed by atoms with Gasteiger partial charge in [0.25, 0.3) is 0 Å². The van der Waals surface area contributed by atoms with Gasteiger partial charge >= 0.3 is 0 Å². The van der Waals surface area contributed by atoms with Crippen molar-refractivity contribution in [2.45, 2.75) is 19.3 Å². The van der Waals surface area contributed by atoms with E-state index in [1.54, 1.807) is 43.0 Å². The number of fused-ring (bicyclic) bond motifs is 2. The molecule has 7 rings (SSSR count). The Morgan fingerprint density at radius 1 is 0.921 bits per heavy atom. The topological polar surface area (TPSA) is 125 Å². The van der Waals surface area contributed by atoms with Gasteiger partial charge in [0.1, 0.15) is 16.9 Å². The van der Waals surface area contributed by atoms with E-state index >= 15 is 0 Å². The highest BCUT2D eigenvalue weighted by Gasteiger charge is 2.25. The zero-order chi connectivity index (χ0) is 25.6. The monoisotopic (exact) mass is 504 g/mol. The molecule has 38 heavy (non-hydrogen) atoms. The molecule has 0 spiro atoms. The summed E-state index contributed by atoms with van der Waals surface area (Å²) in [5, 5.41) is 10.4. The van der Waals surface area contributed by atoms with Crippen LogP contribution in [-0.4, -0.2) is 41.0 Å². The number of H-pyrrole nitrogens is 2. The molecule has 0 saturated heterocycles. The van der Waals surface area contributed by atoms with Crippen LogP contribution in [0.25, 0.3) is 56.0 Å². The molecule has 0 unspecified atom stereocenters. The van der Waals surface area contributed by atoms with E-state index in [1.807, 2.05) is 18.2 Å². The summed E-state index contributed by atoms with van der Waals surface area (Å²) in [5.41, 5.74) is 6.22. The van der Waals surface area contributed by atoms with Crippen molar-refractivity contribution in [1.82, 2.24) is 35.1 Å². The lowest BCUT2D eigenvalue weighted by Crippen LogP contribution is -2.28. The number of hydrogen-bond donors (Lipinski definition) is 3. The number of hydrogen-bond acceptors (Lipinski definition) is 6. The normalized spacial score (nSPS) is 13.6. The van der Waals surface area contributed by atoms with Crippen molar-refractivity contribution >= 4 is 33.7 Å². The first-order chi connectivity index (χ1) is 18.6. The van der Waals surface area contributed by atoms with Gasteiger partial charge in [-0.05, 0) is 37.1 Å². The summed E-state index contributed by atoms with van der Waals surface area (Å²) in [4.78, 5) is 33.8. The first-order valence-electron chi connectivity index (χ1n) is 12.3. The average molecular weight is 505 g/mol. The van der Waals surface area contributed by atoms with Crippen LogP contribution >= 0.6 is 0 Å². The Morgan fingerprint density at radius 2 is 1.79 bits per heavy atom. The maximum Gasteiger partial charge on any atom is 0.227 e. The number of carbonyl (C=O) groups is 1. The third kappa shape index (κ3) is 3.78. The van der Waals surface area contributed by atoms with Gasteiger partial charge in [-0.15, -0.1) is 0 Å². The zero-order valence-corrected chi connectivity index (χ0v) is 20.1. The number of carbonyl (C=O) groups excluding carboxylic acids is 1. The van der Waals surface area contributed by atoms with E-state index in [4.69, 9.17) is 9.97 Å². The van der Waals surface area contributed by atoms with Crippen LogP contribution in [0.1, 0.15) is 19.3 Å². The molecule has 1 fully saturated rings. The van der Waals surface area contributed by atoms with Crippen LogP contribution in [-0.2, 0) is 4.79 Å². The molecule has 3 N–H and O–H groups in total. The first kappa shape index (κ1) is 22.2. The Balaban J connectivity index is 1.27. The number of nitrogens with zero attached hydrogens (tertiary/aromatic N) is 5. The van der Waals surface area contributed by atoms with E-state index in [0.717, 1.165) is 30.3 Å². The minimum Gasteiger partial charge on any atom is -0.335 e. The molecule has 6 aromatic rings. The van der Waals surface area contributed by atoms with E-state index in [1.165, 1.54) is 6.07 Å². The maximum atomic E-state index is 14.5. The van der Waals surface area contributed by atoms with Gasteiger partial charge in [0.05, 0.1) is 34.8 Å². The van der Waals surface area contributed by atoms with Crippen molar-refractivity contribution in [3.05, 3.63) is 73.1 Å². The molecule has 1 aliphatic carbocycles. The number of halogens is 1. The van der Waals surface area contributed by atoms with Crippen molar-refractivity contribution < 1.29 is 9.18 Å². The lowest BCUT2D eigenvalue weighted by molar-refractivity contribution is -0.122. The fraction of sp³-hybridized carbons (Fsp3) is 0.143. The summed E-state index contributed by atoms with van der Waals surface area (Å²) < 4.78 is 14.5. The molecule has 0 aliphatic heterocycles. The number of imidazole rings is 1. The van der Waals surface area contributed by atoms with E-state index < -0.39 is 0 Å². The molecule has 1 aliphatic rings. The molecule has 1 amide bonds. The van der Waals surface area contributed by atoms with Gasteiger partial charge in [-0.2, -0.15) is 5.10 Å². The van der Waals surface area contributed by atoms with Crippen LogP contribution < -0.4 is 5.32 Å². The molecule has 5 aromatic heterocycles. The van der Waals surface area contributed by atoms with Gasteiger partial charge in [0.15, 0.2) is 11.5 Å². The molecule has 0 atom stereocenters. The third-order valence-corrected chi connectivity index (χ3v) is 6.97. The molecular formula is C28H21FN8O. The summed E-state index contributed by atoms with van der Waals surface area (Å²) in [7, 11) is 0. The van der Waals surface area contributed by atoms with Crippen molar-refractivity contribution in [2.24, 2.45) is 5.92 Å². The highest BCUT2D eigenvalue weighted by molar-refractivity contribution is 5.96. The summed E-state index contributed by atoms with van der Waals surface area (Å²) in [6.07, 6.45) is 9.56. The molecule has 0 bridgehead atoms. The molecule has 0 radical (unpaired) electrons. The molecule has 9 nitrogen and oxygen atoms in total. The summed E-state index contributed by atoms with van der Waals surface area (Å²) >= 11 is 0. The van der Waals surface area contributed by atoms with Gasteiger partial charge in [-0.25, -0.2) is 14.4 Å². The van der Waals surface area contributed by atoms with Gasteiger partial charge in [-0.3, -0.25) is 19.9 Å². The Labute approximate surface area is 215 Å². The highest BCUT2D eigenvalue weighted by Crippen LogP contribution is 2.33. The number of anilines is 1. The highest BCUT2D eigenvalue weighted by atomic mass is 19.1. The van der Waals surface area contributed by atoms with Crippen LogP contribution in [0.4, 0.5) is 10.1 Å². The Morgan fingerprint density at radius 3 is 2.63 bits per heavy atom. The van der Waals surface area contributed by atoms with Gasteiger partial charge in [0, 0.05) is 35.0 Å². The minimum absolute atomic E-state index is 0.0323. The third-order valence-electron chi connectivity index (χ3n) is 6.97. The number of aromatic nitrogens is 7. The fourth-order valence-corrected chi connectivity index (χ4v) is 4.71. The Hall–Kier alpha value is -4.99. The molecular weight excluding hydrogens is 483 g/mol. The lowest BCUT2D eigenvalue weighted by Gasteiger charge is -2.24. The van der Waals surface area contributed by atoms with Gasteiger partial charge < -0.3 is 10.3 Å². The van der Waals surface area contributed by atoms with Crippen molar-refractivity contribution in [1.29, 1.82) is 0 Å². The number of benzene rings is 1. The second kappa shape index (κ2) is 8.84. The smallest absolute Gasteiger partial charge is 0.227 e. The average Bonchev–Trinajstić information content (AvgIpc) is 3.52. The molecule has 10 heteroatoms. The minimum atomic E-state index is -0.345. The van der Waals surface area contributed by atoms with E-state index in [9.17, 15) is 9.18 Å². The SMILES string of the molecule is O=C(Nc1cncc(-c2ccc3[nH]nc(-c4nc5c(-c6ccccc6F)cncc5[nH]4)c3n2)c1)C1CCC1. The maximum absolute atomic E-state index is 14.5. The molecule has 1 saturated carbocycles. The lowest BCUT2D eigenvalue weighted by atomic mass is 9.85. The van der Waals surface area contributed by atoms with Crippen LogP contribution in [0.15, 0.2) is 67.3 Å². The fourth-order valence-electron chi connectivity index (χ4n) is 4.71. The predicted octanol–water partition coefficient (Wildman–Crippen LogP) is 5.50. The van der Waals surface area contributed by atoms with E-state index in [0.29, 0.717) is 50.6 Å². The van der Waals surface area contributed by atoms with Gasteiger partial charge in [0.2, 0.25) is 5.91 Å². The van der Waals surface area contributed by atoms with Crippen molar-refractivity contribution in [3.63, 3.8) is 0 Å². The number of nitrogens with one attached hydrogen (secondary N) is 3. The van der Waals surface area contributed by atoms with Gasteiger partial charge in [-0.1, -0.05) is 24.6 Å². The van der Waals surface area contributed by atoms with Crippen LogP contribution in [0.3, 0.4) is 0 Å². The number of aromatic amines is 2. The second-order valence-electron chi connectivity index (χ2n) is 9.39. The van der Waals surface area contributed by atoms with Crippen LogP contribution in [0, 0.1) is 11.7 Å². The number of amides is 1. The second-order valence-corrected chi connectivity index (χ2v) is 9.39. The largest absolute Gasteiger partial charge is 0.335 e. The summed E-state index contributed by atoms with van der Waals surface area (Å²) in [6, 6.07) is 12.2. The summed E-state index contributed by atoms with van der Waals surface area (Å²) in [5.74, 6) is 0.258. The van der Waals surface area contributed by atoms with Crippen LogP contribution in [0.5, 0.6) is 0 Å². The summed E-state index contributed by atoms with van der Waals surface area (Å²) in [6.45, 7) is 0. The molecule has 186 valence electrons. The number of pyridine rings is 3. The quantitative estimate of drug-likeness (QED) is 0.285.